The van der Waals surface area contributed by atoms with Crippen molar-refractivity contribution in [2.45, 2.75) is 107 Å². The molecule has 0 aromatic heterocycles. The van der Waals surface area contributed by atoms with Crippen molar-refractivity contribution >= 4 is 22.6 Å². The smallest absolute Gasteiger partial charge is 0.0315 e. The second-order valence-corrected chi connectivity index (χ2v) is 15.8. The molecule has 3 aliphatic rings. The maximum Gasteiger partial charge on any atom is 0.0315 e. The Morgan fingerprint density at radius 1 is 0.308 bits per heavy atom. The van der Waals surface area contributed by atoms with Crippen LogP contribution in [0.2, 0.25) is 0 Å². The molecule has 2 bridgehead atoms. The molecule has 0 aliphatic heterocycles. The Balaban J connectivity index is 2.65. The van der Waals surface area contributed by atoms with Gasteiger partial charge in [-0.2, -0.15) is 0 Å². The van der Waals surface area contributed by atoms with E-state index in [9.17, 15) is 0 Å². The third-order valence-corrected chi connectivity index (χ3v) is 16.9. The fourth-order valence-electron chi connectivity index (χ4n) is 10.8. The van der Waals surface area contributed by atoms with Crippen LogP contribution in [0.4, 0.5) is 0 Å². The van der Waals surface area contributed by atoms with Gasteiger partial charge in [0, 0.05) is 3.42 Å². The summed E-state index contributed by atoms with van der Waals surface area (Å²) in [5, 5.41) is 0. The molecule has 3 rings (SSSR count). The second kappa shape index (κ2) is 4.27. The van der Waals surface area contributed by atoms with E-state index >= 15 is 0 Å². The molecule has 0 amide bonds. The zero-order valence-corrected chi connectivity index (χ0v) is 22.5. The van der Waals surface area contributed by atoms with Gasteiger partial charge in [-0.1, -0.05) is 120 Å². The van der Waals surface area contributed by atoms with Crippen molar-refractivity contribution in [3.63, 3.8) is 0 Å². The number of hydrogen-bond acceptors (Lipinski definition) is 0. The van der Waals surface area contributed by atoms with Gasteiger partial charge in [0.2, 0.25) is 0 Å². The second-order valence-electron chi connectivity index (χ2n) is 13.6. The molecule has 0 nitrogen and oxygen atoms in total. The number of hydrogen-bond donors (Lipinski definition) is 0. The Morgan fingerprint density at radius 2 is 0.615 bits per heavy atom. The van der Waals surface area contributed by atoms with E-state index in [4.69, 9.17) is 0 Å². The highest BCUT2D eigenvalue weighted by Gasteiger charge is 2.99. The van der Waals surface area contributed by atoms with Gasteiger partial charge >= 0.3 is 0 Å². The Bertz CT molecular complexity index is 635. The van der Waals surface area contributed by atoms with Crippen molar-refractivity contribution in [3.05, 3.63) is 0 Å². The van der Waals surface area contributed by atoms with Gasteiger partial charge in [-0.3, -0.25) is 0 Å². The Kier molecular flexibility index (Phi) is 3.52. The van der Waals surface area contributed by atoms with Crippen molar-refractivity contribution in [1.29, 1.82) is 0 Å². The molecule has 3 saturated carbocycles. The molecular formula is C25H45I. The summed E-state index contributed by atoms with van der Waals surface area (Å²) in [5.41, 5.74) is 2.20. The summed E-state index contributed by atoms with van der Waals surface area (Å²) in [6.07, 6.45) is 0. The Hall–Kier alpha value is 0.730. The fourth-order valence-corrected chi connectivity index (χ4v) is 12.6. The summed E-state index contributed by atoms with van der Waals surface area (Å²) in [6, 6.07) is 0. The average Bonchev–Trinajstić information content (AvgIpc) is 2.63. The van der Waals surface area contributed by atoms with Crippen LogP contribution in [0.1, 0.15) is 104 Å². The van der Waals surface area contributed by atoms with Crippen LogP contribution in [0.3, 0.4) is 0 Å². The normalized spacial score (nSPS) is 57.2. The average molecular weight is 473 g/mol. The zero-order chi connectivity index (χ0) is 21.0. The minimum absolute atomic E-state index is 0.231. The Morgan fingerprint density at radius 3 is 0.962 bits per heavy atom. The van der Waals surface area contributed by atoms with Crippen LogP contribution in [0, 0.1) is 48.7 Å². The van der Waals surface area contributed by atoms with Crippen LogP contribution >= 0.6 is 22.6 Å². The minimum Gasteiger partial charge on any atom is -0.0779 e. The van der Waals surface area contributed by atoms with Crippen molar-refractivity contribution in [3.8, 4) is 0 Å². The quantitative estimate of drug-likeness (QED) is 0.245. The lowest BCUT2D eigenvalue weighted by molar-refractivity contribution is -0.193. The van der Waals surface area contributed by atoms with Crippen LogP contribution in [0.15, 0.2) is 0 Å². The predicted octanol–water partition coefficient (Wildman–Crippen LogP) is 8.38. The Labute approximate surface area is 178 Å². The first-order valence-corrected chi connectivity index (χ1v) is 11.8. The number of fused-ring (bicyclic) bond motifs is 5. The SMILES string of the molecule is CC1(C)C(C)(C)C2(C)C3(C)C(C)(C)C(C)(I)C(C)(C3(C)C)C2(C)C1(C)C. The van der Waals surface area contributed by atoms with Gasteiger partial charge in [0.25, 0.3) is 0 Å². The van der Waals surface area contributed by atoms with Crippen LogP contribution in [-0.4, -0.2) is 3.42 Å². The van der Waals surface area contributed by atoms with Gasteiger partial charge in [-0.15, -0.1) is 0 Å². The summed E-state index contributed by atoms with van der Waals surface area (Å²) in [4.78, 5) is 0. The van der Waals surface area contributed by atoms with Crippen molar-refractivity contribution in [1.82, 2.24) is 0 Å². The minimum atomic E-state index is 0.231. The molecule has 5 atom stereocenters. The van der Waals surface area contributed by atoms with E-state index in [-0.39, 0.29) is 52.2 Å². The lowest BCUT2D eigenvalue weighted by Crippen LogP contribution is -2.68. The van der Waals surface area contributed by atoms with E-state index in [0.717, 1.165) is 0 Å². The number of halogens is 1. The molecule has 152 valence electrons. The van der Waals surface area contributed by atoms with Crippen molar-refractivity contribution in [2.24, 2.45) is 48.7 Å². The van der Waals surface area contributed by atoms with Gasteiger partial charge in [0.1, 0.15) is 0 Å². The maximum atomic E-state index is 2.89. The van der Waals surface area contributed by atoms with Crippen molar-refractivity contribution in [2.75, 3.05) is 0 Å². The summed E-state index contributed by atoms with van der Waals surface area (Å²) in [5.74, 6) is 0. The monoisotopic (exact) mass is 472 g/mol. The molecule has 3 fully saturated rings. The van der Waals surface area contributed by atoms with E-state index < -0.39 is 0 Å². The molecule has 0 aromatic carbocycles. The summed E-state index contributed by atoms with van der Waals surface area (Å²) in [6.45, 7) is 39.3. The van der Waals surface area contributed by atoms with Crippen LogP contribution in [-0.2, 0) is 0 Å². The van der Waals surface area contributed by atoms with Crippen LogP contribution in [0.25, 0.3) is 0 Å². The lowest BCUT2D eigenvalue weighted by Gasteiger charge is -2.70. The molecule has 3 aliphatic carbocycles. The van der Waals surface area contributed by atoms with E-state index in [1.54, 1.807) is 0 Å². The third kappa shape index (κ3) is 1.18. The molecule has 1 heteroatoms. The summed E-state index contributed by atoms with van der Waals surface area (Å²) >= 11 is 2.89. The topological polar surface area (TPSA) is 0 Å². The van der Waals surface area contributed by atoms with Crippen LogP contribution in [0.5, 0.6) is 0 Å². The molecule has 0 N–H and O–H groups in total. The van der Waals surface area contributed by atoms with E-state index in [0.29, 0.717) is 0 Å². The predicted molar refractivity (Wildman–Crippen MR) is 124 cm³/mol. The molecule has 0 radical (unpaired) electrons. The molecular weight excluding hydrogens is 427 g/mol. The third-order valence-electron chi connectivity index (χ3n) is 14.5. The van der Waals surface area contributed by atoms with Gasteiger partial charge in [-0.25, -0.2) is 0 Å². The first-order valence-electron chi connectivity index (χ1n) is 10.7. The molecule has 0 aromatic rings. The van der Waals surface area contributed by atoms with Gasteiger partial charge in [0.05, 0.1) is 0 Å². The van der Waals surface area contributed by atoms with E-state index in [1.807, 2.05) is 0 Å². The zero-order valence-electron chi connectivity index (χ0n) is 20.4. The molecule has 0 saturated heterocycles. The largest absolute Gasteiger partial charge is 0.0779 e. The highest BCUT2D eigenvalue weighted by molar-refractivity contribution is 14.1. The fraction of sp³-hybridized carbons (Fsp3) is 1.00. The maximum absolute atomic E-state index is 2.89. The van der Waals surface area contributed by atoms with E-state index in [2.05, 4.69) is 126 Å². The first kappa shape index (κ1) is 21.4. The summed E-state index contributed by atoms with van der Waals surface area (Å²) < 4.78 is 0.234. The lowest BCUT2D eigenvalue weighted by atomic mass is 9.36. The summed E-state index contributed by atoms with van der Waals surface area (Å²) in [7, 11) is 0. The van der Waals surface area contributed by atoms with Gasteiger partial charge in [-0.05, 0) is 55.7 Å². The molecule has 0 heterocycles. The van der Waals surface area contributed by atoms with Gasteiger partial charge in [0.15, 0.2) is 0 Å². The highest BCUT2D eigenvalue weighted by atomic mass is 127. The number of alkyl halides is 1. The number of rotatable bonds is 0. The van der Waals surface area contributed by atoms with Crippen LogP contribution < -0.4 is 0 Å². The highest BCUT2D eigenvalue weighted by Crippen LogP contribution is 3.02. The van der Waals surface area contributed by atoms with E-state index in [1.165, 1.54) is 0 Å². The van der Waals surface area contributed by atoms with Gasteiger partial charge < -0.3 is 0 Å². The molecule has 26 heavy (non-hydrogen) atoms. The molecule has 5 unspecified atom stereocenters. The first-order chi connectivity index (χ1) is 11.0. The van der Waals surface area contributed by atoms with Crippen molar-refractivity contribution < 1.29 is 0 Å². The standard InChI is InChI=1S/C25H45I/c1-16(2)17(3,4)22(12)21(11)19(7,8)24(14,23(22,13)18(16,5)6)25(15,26)20(21,9)10/h1-15H3. The molecule has 0 spiro atoms.